The number of rotatable bonds is 3. The minimum Gasteiger partial charge on any atom is -0.478 e. The van der Waals surface area contributed by atoms with Crippen molar-refractivity contribution in [1.82, 2.24) is 16.0 Å². The molecule has 0 fully saturated rings. The Bertz CT molecular complexity index is 860. The van der Waals surface area contributed by atoms with E-state index in [4.69, 9.17) is 10.8 Å². The van der Waals surface area contributed by atoms with Crippen LogP contribution >= 0.6 is 0 Å². The van der Waals surface area contributed by atoms with Gasteiger partial charge in [-0.1, -0.05) is 30.3 Å². The number of nitrogens with zero attached hydrogens (tertiary/aromatic N) is 3. The summed E-state index contributed by atoms with van der Waals surface area (Å²) in [6.45, 7) is 0. The number of hydrazine groups is 3. The number of aromatic carboxylic acids is 1. The maximum atomic E-state index is 11.0. The predicted molar refractivity (Wildman–Crippen MR) is 89.0 cm³/mol. The Morgan fingerprint density at radius 2 is 1.71 bits per heavy atom. The van der Waals surface area contributed by atoms with E-state index in [1.165, 1.54) is 0 Å². The topological polar surface area (TPSA) is 106 Å². The van der Waals surface area contributed by atoms with Crippen molar-refractivity contribution in [1.29, 1.82) is 0 Å². The lowest BCUT2D eigenvalue weighted by Crippen LogP contribution is -2.51. The second-order valence-corrected chi connectivity index (χ2v) is 5.26. The van der Waals surface area contributed by atoms with Crippen molar-refractivity contribution >= 4 is 23.3 Å². The van der Waals surface area contributed by atoms with Gasteiger partial charge >= 0.3 is 5.97 Å². The third-order valence-electron chi connectivity index (χ3n) is 3.71. The molecular weight excluding hydrogens is 308 g/mol. The van der Waals surface area contributed by atoms with E-state index in [2.05, 4.69) is 15.8 Å². The SMILES string of the molecule is NC1=NC2=C(c3ccc(C(=O)O)cc3)NN(c3ccccc3)N2N1. The van der Waals surface area contributed by atoms with Gasteiger partial charge in [-0.2, -0.15) is 15.2 Å². The highest BCUT2D eigenvalue weighted by Gasteiger charge is 2.35. The number of carboxylic acid groups (broad SMARTS) is 1. The highest BCUT2D eigenvalue weighted by molar-refractivity contribution is 5.89. The van der Waals surface area contributed by atoms with E-state index in [9.17, 15) is 4.79 Å². The molecule has 2 aliphatic heterocycles. The molecule has 2 aromatic carbocycles. The van der Waals surface area contributed by atoms with Gasteiger partial charge in [-0.15, -0.1) is 0 Å². The molecule has 0 spiro atoms. The number of fused-ring (bicyclic) bond motifs is 1. The van der Waals surface area contributed by atoms with Crippen LogP contribution in [-0.4, -0.2) is 22.2 Å². The Balaban J connectivity index is 1.73. The fourth-order valence-electron chi connectivity index (χ4n) is 2.58. The normalized spacial score (nSPS) is 15.8. The Morgan fingerprint density at radius 3 is 2.38 bits per heavy atom. The van der Waals surface area contributed by atoms with Crippen LogP contribution < -0.4 is 21.7 Å². The number of hydrogen-bond donors (Lipinski definition) is 4. The molecule has 5 N–H and O–H groups in total. The van der Waals surface area contributed by atoms with Gasteiger partial charge in [0.2, 0.25) is 11.8 Å². The maximum Gasteiger partial charge on any atom is 0.335 e. The molecule has 0 saturated heterocycles. The lowest BCUT2D eigenvalue weighted by atomic mass is 10.1. The van der Waals surface area contributed by atoms with Crippen LogP contribution in [0, 0.1) is 0 Å². The zero-order valence-electron chi connectivity index (χ0n) is 12.5. The number of nitrogens with one attached hydrogen (secondary N) is 2. The van der Waals surface area contributed by atoms with E-state index < -0.39 is 5.97 Å². The van der Waals surface area contributed by atoms with Crippen molar-refractivity contribution in [2.45, 2.75) is 0 Å². The van der Waals surface area contributed by atoms with E-state index in [-0.39, 0.29) is 11.5 Å². The lowest BCUT2D eigenvalue weighted by molar-refractivity contribution is 0.0697. The first-order valence-corrected chi connectivity index (χ1v) is 7.24. The zero-order chi connectivity index (χ0) is 16.7. The van der Waals surface area contributed by atoms with Crippen LogP contribution in [-0.2, 0) is 0 Å². The van der Waals surface area contributed by atoms with Gasteiger partial charge in [-0.3, -0.25) is 5.43 Å². The molecule has 8 heteroatoms. The Kier molecular flexibility index (Phi) is 3.02. The standard InChI is InChI=1S/C16H14N6O2/c17-16-18-14-13(10-6-8-11(9-7-10)15(23)24)19-21(22(14)20-16)12-4-2-1-3-5-12/h1-9,19H,(H,23,24)(H3,17,18,20). The second-order valence-electron chi connectivity index (χ2n) is 5.26. The summed E-state index contributed by atoms with van der Waals surface area (Å²) in [6.07, 6.45) is 0. The van der Waals surface area contributed by atoms with Gasteiger partial charge in [0.05, 0.1) is 11.3 Å². The Labute approximate surface area is 137 Å². The van der Waals surface area contributed by atoms with Crippen LogP contribution in [0.25, 0.3) is 5.70 Å². The summed E-state index contributed by atoms with van der Waals surface area (Å²) in [6, 6.07) is 16.2. The minimum atomic E-state index is -0.962. The Morgan fingerprint density at radius 1 is 1.00 bits per heavy atom. The first kappa shape index (κ1) is 13.9. The molecule has 120 valence electrons. The second kappa shape index (κ2) is 5.20. The zero-order valence-corrected chi connectivity index (χ0v) is 12.5. The van der Waals surface area contributed by atoms with Crippen molar-refractivity contribution in [2.24, 2.45) is 10.7 Å². The van der Waals surface area contributed by atoms with Gasteiger partial charge in [0.1, 0.15) is 5.70 Å². The third-order valence-corrected chi connectivity index (χ3v) is 3.71. The molecule has 4 rings (SSSR count). The quantitative estimate of drug-likeness (QED) is 0.670. The van der Waals surface area contributed by atoms with Gasteiger partial charge in [0.25, 0.3) is 0 Å². The lowest BCUT2D eigenvalue weighted by Gasteiger charge is -2.28. The van der Waals surface area contributed by atoms with Crippen LogP contribution in [0.1, 0.15) is 15.9 Å². The highest BCUT2D eigenvalue weighted by atomic mass is 16.4. The van der Waals surface area contributed by atoms with Crippen molar-refractivity contribution in [3.05, 3.63) is 71.5 Å². The molecular formula is C16H14N6O2. The van der Waals surface area contributed by atoms with E-state index in [1.807, 2.05) is 30.3 Å². The average molecular weight is 322 g/mol. The van der Waals surface area contributed by atoms with Crippen LogP contribution in [0.15, 0.2) is 65.4 Å². The molecule has 0 unspecified atom stereocenters. The van der Waals surface area contributed by atoms with Gasteiger partial charge in [-0.05, 0) is 24.3 Å². The molecule has 0 bridgehead atoms. The molecule has 2 aromatic rings. The van der Waals surface area contributed by atoms with E-state index in [0.717, 1.165) is 16.9 Å². The number of hydrogen-bond acceptors (Lipinski definition) is 7. The fourth-order valence-corrected chi connectivity index (χ4v) is 2.58. The molecule has 8 nitrogen and oxygen atoms in total. The largest absolute Gasteiger partial charge is 0.478 e. The van der Waals surface area contributed by atoms with E-state index in [1.54, 1.807) is 34.5 Å². The molecule has 0 radical (unpaired) electrons. The van der Waals surface area contributed by atoms with Crippen LogP contribution in [0.3, 0.4) is 0 Å². The third kappa shape index (κ3) is 2.17. The Hall–Kier alpha value is -3.68. The van der Waals surface area contributed by atoms with Crippen molar-refractivity contribution in [3.8, 4) is 0 Å². The number of benzene rings is 2. The molecule has 0 saturated carbocycles. The predicted octanol–water partition coefficient (Wildman–Crippen LogP) is 1.09. The number of anilines is 1. The number of carboxylic acids is 1. The van der Waals surface area contributed by atoms with Gasteiger partial charge in [0.15, 0.2) is 0 Å². The monoisotopic (exact) mass is 322 g/mol. The first-order valence-electron chi connectivity index (χ1n) is 7.24. The number of guanidine groups is 1. The van der Waals surface area contributed by atoms with Crippen LogP contribution in [0.5, 0.6) is 0 Å². The number of para-hydroxylation sites is 1. The molecule has 2 aliphatic rings. The minimum absolute atomic E-state index is 0.228. The number of nitrogens with two attached hydrogens (primary N) is 1. The van der Waals surface area contributed by atoms with Crippen molar-refractivity contribution in [2.75, 3.05) is 5.12 Å². The van der Waals surface area contributed by atoms with E-state index >= 15 is 0 Å². The van der Waals surface area contributed by atoms with Crippen LogP contribution in [0.4, 0.5) is 5.69 Å². The van der Waals surface area contributed by atoms with Crippen molar-refractivity contribution in [3.63, 3.8) is 0 Å². The summed E-state index contributed by atoms with van der Waals surface area (Å²) in [4.78, 5) is 15.3. The van der Waals surface area contributed by atoms with Crippen molar-refractivity contribution < 1.29 is 9.90 Å². The molecule has 0 amide bonds. The number of carbonyl (C=O) groups is 1. The molecule has 24 heavy (non-hydrogen) atoms. The average Bonchev–Trinajstić information content (AvgIpc) is 3.13. The van der Waals surface area contributed by atoms with Gasteiger partial charge < -0.3 is 10.8 Å². The molecule has 2 heterocycles. The summed E-state index contributed by atoms with van der Waals surface area (Å²) in [5.74, 6) is -0.0672. The highest BCUT2D eigenvalue weighted by Crippen LogP contribution is 2.31. The van der Waals surface area contributed by atoms with Gasteiger partial charge in [0, 0.05) is 5.56 Å². The summed E-state index contributed by atoms with van der Waals surface area (Å²) in [7, 11) is 0. The summed E-state index contributed by atoms with van der Waals surface area (Å²) >= 11 is 0. The smallest absolute Gasteiger partial charge is 0.335 e. The van der Waals surface area contributed by atoms with Crippen LogP contribution in [0.2, 0.25) is 0 Å². The summed E-state index contributed by atoms with van der Waals surface area (Å²) in [5, 5.41) is 12.5. The first-order chi connectivity index (χ1) is 11.6. The van der Waals surface area contributed by atoms with Gasteiger partial charge in [-0.25, -0.2) is 10.2 Å². The molecule has 0 atom stereocenters. The summed E-state index contributed by atoms with van der Waals surface area (Å²) < 4.78 is 0. The van der Waals surface area contributed by atoms with E-state index in [0.29, 0.717) is 5.82 Å². The maximum absolute atomic E-state index is 11.0. The molecule has 0 aromatic heterocycles. The molecule has 0 aliphatic carbocycles. The summed E-state index contributed by atoms with van der Waals surface area (Å²) in [5.41, 5.74) is 14.7. The number of aliphatic imine (C=N–C) groups is 1. The fraction of sp³-hybridized carbons (Fsp3) is 0.